The average molecular weight is 219 g/mol. The summed E-state index contributed by atoms with van der Waals surface area (Å²) in [5, 5.41) is 3.31. The van der Waals surface area contributed by atoms with E-state index in [2.05, 4.69) is 5.32 Å². The highest BCUT2D eigenvalue weighted by Crippen LogP contribution is 2.17. The first-order valence-corrected chi connectivity index (χ1v) is 5.78. The molecule has 1 fully saturated rings. The molecular formula is C13H17NO2. The van der Waals surface area contributed by atoms with Gasteiger partial charge < -0.3 is 14.8 Å². The zero-order valence-electron chi connectivity index (χ0n) is 9.32. The van der Waals surface area contributed by atoms with Crippen LogP contribution < -0.4 is 10.1 Å². The minimum absolute atomic E-state index is 0.332. The maximum atomic E-state index is 10.3. The summed E-state index contributed by atoms with van der Waals surface area (Å²) in [6.07, 6.45) is 3.86. The van der Waals surface area contributed by atoms with Crippen molar-refractivity contribution in [1.82, 2.24) is 5.32 Å². The maximum Gasteiger partial charge on any atom is 0.124 e. The van der Waals surface area contributed by atoms with E-state index in [1.807, 2.05) is 24.3 Å². The van der Waals surface area contributed by atoms with Gasteiger partial charge in [0.05, 0.1) is 0 Å². The summed E-state index contributed by atoms with van der Waals surface area (Å²) in [5.74, 6) is 0.904. The quantitative estimate of drug-likeness (QED) is 0.781. The van der Waals surface area contributed by atoms with Crippen molar-refractivity contribution in [2.45, 2.75) is 25.4 Å². The Morgan fingerprint density at radius 1 is 1.25 bits per heavy atom. The number of hydrogen-bond donors (Lipinski definition) is 1. The van der Waals surface area contributed by atoms with Gasteiger partial charge in [0.25, 0.3) is 0 Å². The number of carbonyl (C=O) groups is 1. The molecule has 3 heteroatoms. The van der Waals surface area contributed by atoms with E-state index in [0.717, 1.165) is 43.5 Å². The number of carbonyl (C=O) groups excluding carboxylic acids is 1. The van der Waals surface area contributed by atoms with Gasteiger partial charge in [0.1, 0.15) is 18.1 Å². The summed E-state index contributed by atoms with van der Waals surface area (Å²) in [7, 11) is 0. The lowest BCUT2D eigenvalue weighted by Crippen LogP contribution is -2.34. The molecule has 0 saturated carbocycles. The van der Waals surface area contributed by atoms with Gasteiger partial charge in [0, 0.05) is 6.42 Å². The zero-order chi connectivity index (χ0) is 11.2. The Morgan fingerprint density at radius 2 is 1.94 bits per heavy atom. The summed E-state index contributed by atoms with van der Waals surface area (Å²) in [6, 6.07) is 7.79. The fourth-order valence-corrected chi connectivity index (χ4v) is 1.91. The van der Waals surface area contributed by atoms with Crippen molar-refractivity contribution in [2.24, 2.45) is 0 Å². The molecule has 0 amide bonds. The Balaban J connectivity index is 1.90. The molecule has 1 saturated heterocycles. The van der Waals surface area contributed by atoms with E-state index in [1.54, 1.807) is 0 Å². The second-order valence-corrected chi connectivity index (χ2v) is 4.08. The van der Waals surface area contributed by atoms with E-state index in [1.165, 1.54) is 0 Å². The summed E-state index contributed by atoms with van der Waals surface area (Å²) in [5.41, 5.74) is 1.03. The Morgan fingerprint density at radius 3 is 2.56 bits per heavy atom. The minimum Gasteiger partial charge on any atom is -0.490 e. The smallest absolute Gasteiger partial charge is 0.124 e. The molecule has 2 rings (SSSR count). The number of aldehydes is 1. The summed E-state index contributed by atoms with van der Waals surface area (Å²) >= 11 is 0. The molecule has 0 radical (unpaired) electrons. The van der Waals surface area contributed by atoms with Crippen molar-refractivity contribution in [1.29, 1.82) is 0 Å². The molecule has 1 aliphatic rings. The third-order valence-corrected chi connectivity index (χ3v) is 2.83. The lowest BCUT2D eigenvalue weighted by molar-refractivity contribution is -0.107. The lowest BCUT2D eigenvalue weighted by atomic mass is 10.1. The highest BCUT2D eigenvalue weighted by Gasteiger charge is 2.13. The number of benzene rings is 1. The standard InChI is InChI=1S/C13H17NO2/c15-10-7-11-1-3-12(4-2-11)16-13-5-8-14-9-6-13/h1-4,10,13-14H,5-9H2. The highest BCUT2D eigenvalue weighted by molar-refractivity contribution is 5.55. The van der Waals surface area contributed by atoms with Gasteiger partial charge in [-0.3, -0.25) is 0 Å². The molecule has 0 spiro atoms. The Kier molecular flexibility index (Phi) is 3.94. The molecule has 1 N–H and O–H groups in total. The summed E-state index contributed by atoms with van der Waals surface area (Å²) < 4.78 is 5.86. The van der Waals surface area contributed by atoms with Crippen molar-refractivity contribution >= 4 is 6.29 Å². The predicted octanol–water partition coefficient (Wildman–Crippen LogP) is 1.56. The predicted molar refractivity (Wildman–Crippen MR) is 62.7 cm³/mol. The number of piperidine rings is 1. The number of rotatable bonds is 4. The van der Waals surface area contributed by atoms with Gasteiger partial charge in [0.2, 0.25) is 0 Å². The van der Waals surface area contributed by atoms with Crippen molar-refractivity contribution < 1.29 is 9.53 Å². The SMILES string of the molecule is O=CCc1ccc(OC2CCNCC2)cc1. The number of ether oxygens (including phenoxy) is 1. The molecule has 1 aliphatic heterocycles. The van der Waals surface area contributed by atoms with Crippen molar-refractivity contribution in [3.63, 3.8) is 0 Å². The van der Waals surface area contributed by atoms with Crippen LogP contribution in [0.2, 0.25) is 0 Å². The van der Waals surface area contributed by atoms with Gasteiger partial charge in [0.15, 0.2) is 0 Å². The van der Waals surface area contributed by atoms with E-state index in [0.29, 0.717) is 12.5 Å². The van der Waals surface area contributed by atoms with E-state index in [-0.39, 0.29) is 0 Å². The fraction of sp³-hybridized carbons (Fsp3) is 0.462. The molecule has 1 heterocycles. The molecule has 3 nitrogen and oxygen atoms in total. The molecule has 1 aromatic rings. The second kappa shape index (κ2) is 5.66. The molecule has 1 aromatic carbocycles. The number of hydrogen-bond acceptors (Lipinski definition) is 3. The topological polar surface area (TPSA) is 38.3 Å². The Labute approximate surface area is 95.8 Å². The third kappa shape index (κ3) is 3.07. The lowest BCUT2D eigenvalue weighted by Gasteiger charge is -2.23. The molecule has 16 heavy (non-hydrogen) atoms. The van der Waals surface area contributed by atoms with Crippen LogP contribution in [0, 0.1) is 0 Å². The first-order chi connectivity index (χ1) is 7.88. The molecule has 0 aromatic heterocycles. The van der Waals surface area contributed by atoms with Crippen molar-refractivity contribution in [3.8, 4) is 5.75 Å². The molecule has 0 bridgehead atoms. The van der Waals surface area contributed by atoms with Crippen LogP contribution in [0.1, 0.15) is 18.4 Å². The van der Waals surface area contributed by atoms with E-state index < -0.39 is 0 Å². The van der Waals surface area contributed by atoms with Gasteiger partial charge in [-0.25, -0.2) is 0 Å². The molecule has 0 atom stereocenters. The highest BCUT2D eigenvalue weighted by atomic mass is 16.5. The van der Waals surface area contributed by atoms with Crippen LogP contribution in [-0.2, 0) is 11.2 Å². The van der Waals surface area contributed by atoms with Crippen LogP contribution in [-0.4, -0.2) is 25.5 Å². The van der Waals surface area contributed by atoms with Crippen LogP contribution in [0.3, 0.4) is 0 Å². The van der Waals surface area contributed by atoms with Crippen LogP contribution in [0.15, 0.2) is 24.3 Å². The largest absolute Gasteiger partial charge is 0.490 e. The molecule has 86 valence electrons. The van der Waals surface area contributed by atoms with Crippen LogP contribution in [0.5, 0.6) is 5.75 Å². The van der Waals surface area contributed by atoms with E-state index in [4.69, 9.17) is 4.74 Å². The molecule has 0 unspecified atom stereocenters. The summed E-state index contributed by atoms with van der Waals surface area (Å²) in [6.45, 7) is 2.07. The first-order valence-electron chi connectivity index (χ1n) is 5.78. The van der Waals surface area contributed by atoms with Crippen molar-refractivity contribution in [3.05, 3.63) is 29.8 Å². The van der Waals surface area contributed by atoms with Crippen LogP contribution in [0.25, 0.3) is 0 Å². The molecular weight excluding hydrogens is 202 g/mol. The minimum atomic E-state index is 0.332. The fourth-order valence-electron chi connectivity index (χ4n) is 1.91. The number of nitrogens with one attached hydrogen (secondary N) is 1. The van der Waals surface area contributed by atoms with Gasteiger partial charge in [-0.15, -0.1) is 0 Å². The summed E-state index contributed by atoms with van der Waals surface area (Å²) in [4.78, 5) is 10.3. The van der Waals surface area contributed by atoms with E-state index in [9.17, 15) is 4.79 Å². The Hall–Kier alpha value is -1.35. The van der Waals surface area contributed by atoms with Gasteiger partial charge in [-0.1, -0.05) is 12.1 Å². The second-order valence-electron chi connectivity index (χ2n) is 4.08. The van der Waals surface area contributed by atoms with Crippen LogP contribution >= 0.6 is 0 Å². The van der Waals surface area contributed by atoms with Gasteiger partial charge in [-0.2, -0.15) is 0 Å². The normalized spacial score (nSPS) is 17.0. The Bertz CT molecular complexity index is 328. The van der Waals surface area contributed by atoms with Gasteiger partial charge in [-0.05, 0) is 43.6 Å². The zero-order valence-corrected chi connectivity index (χ0v) is 9.32. The third-order valence-electron chi connectivity index (χ3n) is 2.83. The van der Waals surface area contributed by atoms with E-state index >= 15 is 0 Å². The van der Waals surface area contributed by atoms with Crippen LogP contribution in [0.4, 0.5) is 0 Å². The van der Waals surface area contributed by atoms with Gasteiger partial charge >= 0.3 is 0 Å². The maximum absolute atomic E-state index is 10.3. The van der Waals surface area contributed by atoms with Crippen molar-refractivity contribution in [2.75, 3.05) is 13.1 Å². The molecule has 0 aliphatic carbocycles. The average Bonchev–Trinajstić information content (AvgIpc) is 2.33. The monoisotopic (exact) mass is 219 g/mol. The first kappa shape index (κ1) is 11.1.